The molecule has 5 heteroatoms. The number of nitrogens with zero attached hydrogens (tertiary/aromatic N) is 2. The van der Waals surface area contributed by atoms with Gasteiger partial charge >= 0.3 is 0 Å². The summed E-state index contributed by atoms with van der Waals surface area (Å²) in [6.07, 6.45) is 0.563. The summed E-state index contributed by atoms with van der Waals surface area (Å²) in [5.41, 5.74) is 2.90. The molecule has 2 N–H and O–H groups in total. The number of halogens is 1. The smallest absolute Gasteiger partial charge is 0.108 e. The van der Waals surface area contributed by atoms with E-state index in [2.05, 4.69) is 11.8 Å². The Labute approximate surface area is 141 Å². The molecule has 2 aromatic carbocycles. The van der Waals surface area contributed by atoms with E-state index in [-0.39, 0.29) is 6.04 Å². The molecule has 0 fully saturated rings. The van der Waals surface area contributed by atoms with Crippen LogP contribution in [0.2, 0.25) is 5.02 Å². The van der Waals surface area contributed by atoms with Crippen LogP contribution < -0.4 is 9.80 Å². The molecule has 3 rings (SSSR count). The molecule has 1 heterocycles. The molecule has 2 aromatic rings. The Morgan fingerprint density at radius 1 is 1.09 bits per heavy atom. The maximum Gasteiger partial charge on any atom is 0.108 e. The zero-order chi connectivity index (χ0) is 16.6. The van der Waals surface area contributed by atoms with Crippen molar-refractivity contribution in [3.63, 3.8) is 0 Å². The van der Waals surface area contributed by atoms with Gasteiger partial charge in [0.05, 0.1) is 11.4 Å². The van der Waals surface area contributed by atoms with Gasteiger partial charge in [0.15, 0.2) is 0 Å². The quantitative estimate of drug-likeness (QED) is 0.569. The van der Waals surface area contributed by atoms with Crippen molar-refractivity contribution in [3.8, 4) is 0 Å². The molecule has 0 saturated heterocycles. The molecular weight excluding hydrogens is 308 g/mol. The van der Waals surface area contributed by atoms with Crippen molar-refractivity contribution < 1.29 is 0 Å². The third-order valence-corrected chi connectivity index (χ3v) is 4.27. The number of hydrogen-bond donors (Lipinski definition) is 2. The highest BCUT2D eigenvalue weighted by atomic mass is 35.5. The molecule has 0 aliphatic carbocycles. The lowest BCUT2D eigenvalue weighted by Crippen LogP contribution is -2.35. The Kier molecular flexibility index (Phi) is 4.09. The van der Waals surface area contributed by atoms with Gasteiger partial charge in [0, 0.05) is 23.2 Å². The standard InChI is InChI=1S/C18H19ClN4/c1-12-11-18(21)23(13(2)20)17-6-4-3-5-16(17)22(12)15-9-7-14(19)8-10-15/h3-10,12,20-21H,11H2,1-2H3. The van der Waals surface area contributed by atoms with Crippen LogP contribution in [0.3, 0.4) is 0 Å². The summed E-state index contributed by atoms with van der Waals surface area (Å²) < 4.78 is 0. The molecule has 23 heavy (non-hydrogen) atoms. The highest BCUT2D eigenvalue weighted by Crippen LogP contribution is 2.40. The minimum absolute atomic E-state index is 0.106. The fraction of sp³-hybridized carbons (Fsp3) is 0.222. The van der Waals surface area contributed by atoms with Crippen LogP contribution in [0.15, 0.2) is 48.5 Å². The Hall–Kier alpha value is -2.33. The SMILES string of the molecule is CC(=N)N1C(=N)CC(C)N(c2ccc(Cl)cc2)c2ccccc21. The Balaban J connectivity index is 2.19. The molecule has 118 valence electrons. The number of nitrogens with one attached hydrogen (secondary N) is 2. The molecular formula is C18H19ClN4. The minimum atomic E-state index is 0.106. The lowest BCUT2D eigenvalue weighted by Gasteiger charge is -2.30. The van der Waals surface area contributed by atoms with E-state index in [1.807, 2.05) is 48.5 Å². The van der Waals surface area contributed by atoms with E-state index in [9.17, 15) is 0 Å². The van der Waals surface area contributed by atoms with E-state index >= 15 is 0 Å². The molecule has 0 saturated carbocycles. The van der Waals surface area contributed by atoms with Crippen LogP contribution in [0.4, 0.5) is 17.1 Å². The van der Waals surface area contributed by atoms with Gasteiger partial charge in [0.25, 0.3) is 0 Å². The fourth-order valence-electron chi connectivity index (χ4n) is 3.08. The number of fused-ring (bicyclic) bond motifs is 1. The summed E-state index contributed by atoms with van der Waals surface area (Å²) in [6.45, 7) is 3.82. The lowest BCUT2D eigenvalue weighted by molar-refractivity contribution is 0.745. The van der Waals surface area contributed by atoms with Gasteiger partial charge in [-0.2, -0.15) is 0 Å². The number of anilines is 3. The van der Waals surface area contributed by atoms with Crippen molar-refractivity contribution in [2.45, 2.75) is 26.3 Å². The number of rotatable bonds is 1. The fourth-order valence-corrected chi connectivity index (χ4v) is 3.21. The average Bonchev–Trinajstić information content (AvgIpc) is 2.61. The first-order chi connectivity index (χ1) is 11.0. The highest BCUT2D eigenvalue weighted by Gasteiger charge is 2.30. The van der Waals surface area contributed by atoms with E-state index < -0.39 is 0 Å². The Morgan fingerprint density at radius 2 is 1.70 bits per heavy atom. The van der Waals surface area contributed by atoms with Crippen molar-refractivity contribution in [1.82, 2.24) is 0 Å². The van der Waals surface area contributed by atoms with Crippen LogP contribution >= 0.6 is 11.6 Å². The topological polar surface area (TPSA) is 54.2 Å². The van der Waals surface area contributed by atoms with E-state index in [1.165, 1.54) is 0 Å². The summed E-state index contributed by atoms with van der Waals surface area (Å²) >= 11 is 6.02. The molecule has 0 bridgehead atoms. The molecule has 0 radical (unpaired) electrons. The van der Waals surface area contributed by atoms with Gasteiger partial charge in [-0.25, -0.2) is 0 Å². The Bertz CT molecular complexity index is 754. The highest BCUT2D eigenvalue weighted by molar-refractivity contribution is 6.30. The van der Waals surface area contributed by atoms with Crippen molar-refractivity contribution in [2.24, 2.45) is 0 Å². The summed E-state index contributed by atoms with van der Waals surface area (Å²) in [6, 6.07) is 15.8. The van der Waals surface area contributed by atoms with Crippen LogP contribution in [0, 0.1) is 10.8 Å². The van der Waals surface area contributed by atoms with Crippen LogP contribution in [-0.2, 0) is 0 Å². The van der Waals surface area contributed by atoms with Gasteiger partial charge < -0.3 is 4.90 Å². The predicted molar refractivity (Wildman–Crippen MR) is 97.7 cm³/mol. The Morgan fingerprint density at radius 3 is 2.30 bits per heavy atom. The monoisotopic (exact) mass is 326 g/mol. The molecule has 1 aliphatic rings. The van der Waals surface area contributed by atoms with Crippen molar-refractivity contribution in [3.05, 3.63) is 53.6 Å². The van der Waals surface area contributed by atoms with Crippen molar-refractivity contribution in [1.29, 1.82) is 10.8 Å². The maximum atomic E-state index is 8.40. The van der Waals surface area contributed by atoms with Gasteiger partial charge in [0.2, 0.25) is 0 Å². The second-order valence-electron chi connectivity index (χ2n) is 5.76. The third kappa shape index (κ3) is 2.82. The number of amidine groups is 2. The van der Waals surface area contributed by atoms with E-state index in [0.717, 1.165) is 17.1 Å². The molecule has 0 spiro atoms. The van der Waals surface area contributed by atoms with E-state index in [4.69, 9.17) is 22.4 Å². The first-order valence-corrected chi connectivity index (χ1v) is 7.93. The summed E-state index contributed by atoms with van der Waals surface area (Å²) in [4.78, 5) is 3.92. The second-order valence-corrected chi connectivity index (χ2v) is 6.19. The largest absolute Gasteiger partial charge is 0.336 e. The normalized spacial score (nSPS) is 17.7. The summed E-state index contributed by atoms with van der Waals surface area (Å²) in [5, 5.41) is 17.2. The third-order valence-electron chi connectivity index (χ3n) is 4.02. The zero-order valence-electron chi connectivity index (χ0n) is 13.2. The summed E-state index contributed by atoms with van der Waals surface area (Å²) in [7, 11) is 0. The van der Waals surface area contributed by atoms with Crippen LogP contribution in [-0.4, -0.2) is 17.7 Å². The van der Waals surface area contributed by atoms with E-state index in [0.29, 0.717) is 23.1 Å². The van der Waals surface area contributed by atoms with Gasteiger partial charge in [0.1, 0.15) is 11.7 Å². The van der Waals surface area contributed by atoms with Crippen molar-refractivity contribution >= 4 is 40.3 Å². The zero-order valence-corrected chi connectivity index (χ0v) is 13.9. The number of hydrogen-bond acceptors (Lipinski definition) is 3. The molecule has 1 aliphatic heterocycles. The molecule has 4 nitrogen and oxygen atoms in total. The molecule has 0 amide bonds. The van der Waals surface area contributed by atoms with Crippen LogP contribution in [0.1, 0.15) is 20.3 Å². The number of benzene rings is 2. The molecule has 0 aromatic heterocycles. The maximum absolute atomic E-state index is 8.40. The minimum Gasteiger partial charge on any atom is -0.336 e. The van der Waals surface area contributed by atoms with Crippen LogP contribution in [0.25, 0.3) is 0 Å². The second kappa shape index (κ2) is 6.05. The number of para-hydroxylation sites is 2. The van der Waals surface area contributed by atoms with E-state index in [1.54, 1.807) is 11.8 Å². The van der Waals surface area contributed by atoms with Crippen LogP contribution in [0.5, 0.6) is 0 Å². The van der Waals surface area contributed by atoms with Gasteiger partial charge in [-0.3, -0.25) is 15.7 Å². The first-order valence-electron chi connectivity index (χ1n) is 7.55. The summed E-state index contributed by atoms with van der Waals surface area (Å²) in [5.74, 6) is 0.793. The first kappa shape index (κ1) is 15.6. The van der Waals surface area contributed by atoms with Gasteiger partial charge in [-0.05, 0) is 50.2 Å². The predicted octanol–water partition coefficient (Wildman–Crippen LogP) is 5.05. The lowest BCUT2D eigenvalue weighted by atomic mass is 10.1. The molecule has 1 atom stereocenters. The van der Waals surface area contributed by atoms with Crippen molar-refractivity contribution in [2.75, 3.05) is 9.80 Å². The van der Waals surface area contributed by atoms with Gasteiger partial charge in [-0.15, -0.1) is 0 Å². The molecule has 1 unspecified atom stereocenters. The average molecular weight is 327 g/mol. The van der Waals surface area contributed by atoms with Gasteiger partial charge in [-0.1, -0.05) is 23.7 Å².